The number of esters is 1. The van der Waals surface area contributed by atoms with Gasteiger partial charge >= 0.3 is 12.1 Å². The topological polar surface area (TPSA) is 59.1 Å². The highest BCUT2D eigenvalue weighted by Crippen LogP contribution is 2.29. The number of carbonyl (C=O) groups excluding carboxylic acids is 2. The fraction of sp³-hybridized carbons (Fsp3) is 0.304. The van der Waals surface area contributed by atoms with Gasteiger partial charge in [-0.15, -0.1) is 0 Å². The predicted molar refractivity (Wildman–Crippen MR) is 113 cm³/mol. The molecule has 6 nitrogen and oxygen atoms in total. The quantitative estimate of drug-likeness (QED) is 0.499. The van der Waals surface area contributed by atoms with Crippen LogP contribution in [-0.4, -0.2) is 56.7 Å². The van der Waals surface area contributed by atoms with Crippen molar-refractivity contribution in [1.82, 2.24) is 4.90 Å². The monoisotopic (exact) mass is 448 g/mol. The van der Waals surface area contributed by atoms with Gasteiger partial charge in [-0.1, -0.05) is 12.1 Å². The SMILES string of the molecule is COc1ccc(N2CCN(C(=O)COC(=O)/C=C/c3ccc(C(F)(F)F)cc3)CC2)cc1. The molecule has 0 radical (unpaired) electrons. The zero-order chi connectivity index (χ0) is 23.1. The summed E-state index contributed by atoms with van der Waals surface area (Å²) in [6.07, 6.45) is -2.00. The van der Waals surface area contributed by atoms with Crippen LogP contribution in [0, 0.1) is 0 Å². The molecule has 3 rings (SSSR count). The molecule has 0 atom stereocenters. The van der Waals surface area contributed by atoms with E-state index in [0.717, 1.165) is 29.6 Å². The Kier molecular flexibility index (Phi) is 7.40. The normalized spacial score (nSPS) is 14.5. The smallest absolute Gasteiger partial charge is 0.416 e. The first-order valence-electron chi connectivity index (χ1n) is 9.95. The summed E-state index contributed by atoms with van der Waals surface area (Å²) in [6.45, 7) is 1.92. The zero-order valence-electron chi connectivity index (χ0n) is 17.5. The van der Waals surface area contributed by atoms with Crippen molar-refractivity contribution in [3.8, 4) is 5.75 Å². The van der Waals surface area contributed by atoms with E-state index in [1.165, 1.54) is 18.2 Å². The first-order valence-corrected chi connectivity index (χ1v) is 9.95. The summed E-state index contributed by atoms with van der Waals surface area (Å²) in [5, 5.41) is 0. The van der Waals surface area contributed by atoms with Crippen molar-refractivity contribution in [3.05, 3.63) is 65.7 Å². The fourth-order valence-corrected chi connectivity index (χ4v) is 3.23. The Morgan fingerprint density at radius 2 is 1.59 bits per heavy atom. The van der Waals surface area contributed by atoms with Crippen LogP contribution in [0.15, 0.2) is 54.6 Å². The number of methoxy groups -OCH3 is 1. The molecule has 1 aliphatic heterocycles. The molecule has 0 aromatic heterocycles. The van der Waals surface area contributed by atoms with Crippen molar-refractivity contribution in [2.75, 3.05) is 44.8 Å². The van der Waals surface area contributed by atoms with Crippen LogP contribution in [0.3, 0.4) is 0 Å². The molecule has 1 amide bonds. The summed E-state index contributed by atoms with van der Waals surface area (Å²) in [6, 6.07) is 12.0. The van der Waals surface area contributed by atoms with Crippen molar-refractivity contribution < 1.29 is 32.2 Å². The molecule has 1 saturated heterocycles. The molecule has 0 unspecified atom stereocenters. The second-order valence-electron chi connectivity index (χ2n) is 7.13. The van der Waals surface area contributed by atoms with E-state index < -0.39 is 24.3 Å². The number of halogens is 3. The lowest BCUT2D eigenvalue weighted by Crippen LogP contribution is -2.49. The van der Waals surface area contributed by atoms with Crippen LogP contribution in [0.4, 0.5) is 18.9 Å². The molecule has 0 spiro atoms. The second-order valence-corrected chi connectivity index (χ2v) is 7.13. The molecule has 9 heteroatoms. The number of anilines is 1. The molecule has 1 aliphatic rings. The lowest BCUT2D eigenvalue weighted by atomic mass is 10.1. The number of piperazine rings is 1. The van der Waals surface area contributed by atoms with Crippen molar-refractivity contribution in [2.45, 2.75) is 6.18 Å². The summed E-state index contributed by atoms with van der Waals surface area (Å²) in [7, 11) is 1.61. The van der Waals surface area contributed by atoms with Crippen LogP contribution < -0.4 is 9.64 Å². The van der Waals surface area contributed by atoms with Gasteiger partial charge in [-0.2, -0.15) is 13.2 Å². The lowest BCUT2D eigenvalue weighted by Gasteiger charge is -2.36. The van der Waals surface area contributed by atoms with Gasteiger partial charge in [-0.05, 0) is 48.0 Å². The maximum atomic E-state index is 12.6. The van der Waals surface area contributed by atoms with E-state index in [-0.39, 0.29) is 5.91 Å². The lowest BCUT2D eigenvalue weighted by molar-refractivity contribution is -0.148. The average molecular weight is 448 g/mol. The minimum absolute atomic E-state index is 0.296. The molecule has 0 saturated carbocycles. The minimum atomic E-state index is -4.42. The third-order valence-corrected chi connectivity index (χ3v) is 5.06. The molecule has 170 valence electrons. The number of rotatable bonds is 6. The maximum Gasteiger partial charge on any atom is 0.416 e. The number of alkyl halides is 3. The number of nitrogens with zero attached hydrogens (tertiary/aromatic N) is 2. The van der Waals surface area contributed by atoms with Gasteiger partial charge in [-0.3, -0.25) is 4.79 Å². The van der Waals surface area contributed by atoms with Crippen molar-refractivity contribution in [2.24, 2.45) is 0 Å². The van der Waals surface area contributed by atoms with E-state index in [0.29, 0.717) is 31.7 Å². The molecular weight excluding hydrogens is 425 g/mol. The van der Waals surface area contributed by atoms with Gasteiger partial charge in [0.2, 0.25) is 0 Å². The Bertz CT molecular complexity index is 949. The summed E-state index contributed by atoms with van der Waals surface area (Å²) in [4.78, 5) is 27.9. The fourth-order valence-electron chi connectivity index (χ4n) is 3.23. The molecule has 2 aromatic carbocycles. The van der Waals surface area contributed by atoms with E-state index in [1.54, 1.807) is 12.0 Å². The number of ether oxygens (including phenoxy) is 2. The molecule has 2 aromatic rings. The molecule has 1 heterocycles. The molecule has 0 N–H and O–H groups in total. The van der Waals surface area contributed by atoms with Gasteiger partial charge in [-0.25, -0.2) is 4.79 Å². The Labute approximate surface area is 183 Å². The summed E-state index contributed by atoms with van der Waals surface area (Å²) in [5.41, 5.74) is 0.684. The average Bonchev–Trinajstić information content (AvgIpc) is 2.81. The molecule has 32 heavy (non-hydrogen) atoms. The summed E-state index contributed by atoms with van der Waals surface area (Å²) >= 11 is 0. The van der Waals surface area contributed by atoms with Crippen LogP contribution in [-0.2, 0) is 20.5 Å². The van der Waals surface area contributed by atoms with Crippen LogP contribution in [0.5, 0.6) is 5.75 Å². The predicted octanol–water partition coefficient (Wildman–Crippen LogP) is 3.62. The van der Waals surface area contributed by atoms with E-state index in [9.17, 15) is 22.8 Å². The molecular formula is C23H23F3N2O4. The summed E-state index contributed by atoms with van der Waals surface area (Å²) < 4.78 is 47.8. The zero-order valence-corrected chi connectivity index (χ0v) is 17.5. The number of hydrogen-bond donors (Lipinski definition) is 0. The molecule has 0 aliphatic carbocycles. The first-order chi connectivity index (χ1) is 15.3. The first kappa shape index (κ1) is 23.2. The van der Waals surface area contributed by atoms with E-state index in [2.05, 4.69) is 4.90 Å². The number of benzene rings is 2. The maximum absolute atomic E-state index is 12.6. The highest BCUT2D eigenvalue weighted by Gasteiger charge is 2.29. The Hall–Kier alpha value is -3.49. The third kappa shape index (κ3) is 6.26. The molecule has 0 bridgehead atoms. The van der Waals surface area contributed by atoms with Gasteiger partial charge in [0.25, 0.3) is 5.91 Å². The largest absolute Gasteiger partial charge is 0.497 e. The van der Waals surface area contributed by atoms with Crippen molar-refractivity contribution >= 4 is 23.6 Å². The van der Waals surface area contributed by atoms with Gasteiger partial charge in [0, 0.05) is 37.9 Å². The highest BCUT2D eigenvalue weighted by molar-refractivity contribution is 5.89. The number of hydrogen-bond acceptors (Lipinski definition) is 5. The molecule has 1 fully saturated rings. The van der Waals surface area contributed by atoms with E-state index in [4.69, 9.17) is 9.47 Å². The Morgan fingerprint density at radius 1 is 0.969 bits per heavy atom. The Balaban J connectivity index is 1.42. The summed E-state index contributed by atoms with van der Waals surface area (Å²) in [5.74, 6) is -0.262. The standard InChI is InChI=1S/C23H23F3N2O4/c1-31-20-9-7-19(8-10-20)27-12-14-28(15-13-27)21(29)16-32-22(30)11-4-17-2-5-18(6-3-17)23(24,25)26/h2-11H,12-16H2,1H3/b11-4+. The van der Waals surface area contributed by atoms with Gasteiger partial charge in [0.1, 0.15) is 5.75 Å². The van der Waals surface area contributed by atoms with Crippen LogP contribution in [0.25, 0.3) is 6.08 Å². The second kappa shape index (κ2) is 10.2. The van der Waals surface area contributed by atoms with Crippen LogP contribution in [0.2, 0.25) is 0 Å². The van der Waals surface area contributed by atoms with E-state index in [1.807, 2.05) is 24.3 Å². The highest BCUT2D eigenvalue weighted by atomic mass is 19.4. The van der Waals surface area contributed by atoms with Crippen molar-refractivity contribution in [1.29, 1.82) is 0 Å². The van der Waals surface area contributed by atoms with E-state index >= 15 is 0 Å². The number of carbonyl (C=O) groups is 2. The van der Waals surface area contributed by atoms with Gasteiger partial charge in [0.15, 0.2) is 6.61 Å². The van der Waals surface area contributed by atoms with Crippen LogP contribution >= 0.6 is 0 Å². The van der Waals surface area contributed by atoms with Crippen LogP contribution in [0.1, 0.15) is 11.1 Å². The van der Waals surface area contributed by atoms with Crippen molar-refractivity contribution in [3.63, 3.8) is 0 Å². The Morgan fingerprint density at radius 3 is 2.16 bits per heavy atom. The third-order valence-electron chi connectivity index (χ3n) is 5.06. The number of amides is 1. The van der Waals surface area contributed by atoms with Gasteiger partial charge in [0.05, 0.1) is 12.7 Å². The van der Waals surface area contributed by atoms with Gasteiger partial charge < -0.3 is 19.3 Å². The minimum Gasteiger partial charge on any atom is -0.497 e.